The van der Waals surface area contributed by atoms with Crippen LogP contribution in [0, 0.1) is 13.8 Å². The monoisotopic (exact) mass is 418 g/mol. The lowest BCUT2D eigenvalue weighted by atomic mass is 9.92. The number of aromatic nitrogens is 4. The standard InChI is InChI=1S/C23H26N6O2/c1-14-6-25-22(8-24-14)29-11-17(7-26-29)10-28-9-15(2)27-21(12-28)18-4-5-19-20(16(18)3)13-31-23(19)30/h4-8,11,15,21,27H,9-10,12-13H2,1-3H3/t15-,21-/m0/s1. The SMILES string of the molecule is Cc1cnc(-n2cc(CN3C[C@@H](c4ccc5c(c4C)COC5=O)N[C@@H](C)C3)cn2)cn1. The fourth-order valence-corrected chi connectivity index (χ4v) is 4.56. The second-order valence-electron chi connectivity index (χ2n) is 8.51. The molecule has 4 heterocycles. The molecular weight excluding hydrogens is 392 g/mol. The molecule has 8 nitrogen and oxygen atoms in total. The summed E-state index contributed by atoms with van der Waals surface area (Å²) < 4.78 is 6.99. The zero-order chi connectivity index (χ0) is 21.5. The summed E-state index contributed by atoms with van der Waals surface area (Å²) >= 11 is 0. The molecule has 1 N–H and O–H groups in total. The van der Waals surface area contributed by atoms with Gasteiger partial charge in [0.1, 0.15) is 6.61 Å². The van der Waals surface area contributed by atoms with Gasteiger partial charge in [-0.3, -0.25) is 9.88 Å². The van der Waals surface area contributed by atoms with E-state index < -0.39 is 0 Å². The fourth-order valence-electron chi connectivity index (χ4n) is 4.56. The second-order valence-corrected chi connectivity index (χ2v) is 8.51. The van der Waals surface area contributed by atoms with Gasteiger partial charge in [0.05, 0.1) is 29.8 Å². The third kappa shape index (κ3) is 3.84. The van der Waals surface area contributed by atoms with Gasteiger partial charge in [0.25, 0.3) is 0 Å². The van der Waals surface area contributed by atoms with Gasteiger partial charge in [0, 0.05) is 49.0 Å². The molecule has 0 amide bonds. The molecule has 0 saturated carbocycles. The van der Waals surface area contributed by atoms with Crippen LogP contribution in [0.2, 0.25) is 0 Å². The molecular formula is C23H26N6O2. The Bertz CT molecular complexity index is 1120. The summed E-state index contributed by atoms with van der Waals surface area (Å²) in [7, 11) is 0. The molecule has 0 unspecified atom stereocenters. The topological polar surface area (TPSA) is 85.2 Å². The fraction of sp³-hybridized carbons (Fsp3) is 0.391. The van der Waals surface area contributed by atoms with Gasteiger partial charge in [0.2, 0.25) is 0 Å². The Hall–Kier alpha value is -3.10. The van der Waals surface area contributed by atoms with Crippen LogP contribution in [0.1, 0.15) is 51.3 Å². The van der Waals surface area contributed by atoms with Gasteiger partial charge in [-0.25, -0.2) is 14.5 Å². The molecule has 0 radical (unpaired) electrons. The van der Waals surface area contributed by atoms with Crippen LogP contribution >= 0.6 is 0 Å². The van der Waals surface area contributed by atoms with Gasteiger partial charge in [-0.1, -0.05) is 6.07 Å². The molecule has 31 heavy (non-hydrogen) atoms. The van der Waals surface area contributed by atoms with Gasteiger partial charge in [-0.15, -0.1) is 0 Å². The van der Waals surface area contributed by atoms with Crippen LogP contribution < -0.4 is 5.32 Å². The molecule has 3 aromatic rings. The van der Waals surface area contributed by atoms with Crippen LogP contribution in [0.15, 0.2) is 36.9 Å². The Balaban J connectivity index is 1.33. The molecule has 8 heteroatoms. The molecule has 2 aliphatic rings. The highest BCUT2D eigenvalue weighted by Gasteiger charge is 2.30. The normalized spacial score (nSPS) is 21.2. The van der Waals surface area contributed by atoms with E-state index >= 15 is 0 Å². The number of esters is 1. The van der Waals surface area contributed by atoms with Crippen LogP contribution in [-0.4, -0.2) is 49.7 Å². The quantitative estimate of drug-likeness (QED) is 0.652. The van der Waals surface area contributed by atoms with E-state index in [-0.39, 0.29) is 12.0 Å². The number of rotatable bonds is 4. The van der Waals surface area contributed by atoms with Gasteiger partial charge in [-0.05, 0) is 38.0 Å². The molecule has 1 saturated heterocycles. The highest BCUT2D eigenvalue weighted by Crippen LogP contribution is 2.31. The number of nitrogens with zero attached hydrogens (tertiary/aromatic N) is 5. The van der Waals surface area contributed by atoms with Crippen molar-refractivity contribution in [2.24, 2.45) is 0 Å². The number of aryl methyl sites for hydroxylation is 1. The smallest absolute Gasteiger partial charge is 0.338 e. The van der Waals surface area contributed by atoms with Crippen molar-refractivity contribution < 1.29 is 9.53 Å². The maximum Gasteiger partial charge on any atom is 0.338 e. The first-order valence-corrected chi connectivity index (χ1v) is 10.6. The van der Waals surface area contributed by atoms with Crippen LogP contribution in [0.4, 0.5) is 0 Å². The first-order valence-electron chi connectivity index (χ1n) is 10.6. The lowest BCUT2D eigenvalue weighted by Crippen LogP contribution is -2.50. The molecule has 160 valence electrons. The van der Waals surface area contributed by atoms with E-state index in [2.05, 4.69) is 45.2 Å². The number of cyclic esters (lactones) is 1. The highest BCUT2D eigenvalue weighted by atomic mass is 16.5. The molecule has 5 rings (SSSR count). The predicted molar refractivity (Wildman–Crippen MR) is 115 cm³/mol. The predicted octanol–water partition coefficient (Wildman–Crippen LogP) is 2.48. The van der Waals surface area contributed by atoms with E-state index in [0.29, 0.717) is 24.0 Å². The Kier molecular flexibility index (Phi) is 5.03. The Morgan fingerprint density at radius 2 is 2.03 bits per heavy atom. The number of ether oxygens (including phenoxy) is 1. The van der Waals surface area contributed by atoms with Gasteiger partial charge >= 0.3 is 5.97 Å². The molecule has 0 spiro atoms. The Morgan fingerprint density at radius 1 is 1.16 bits per heavy atom. The zero-order valence-corrected chi connectivity index (χ0v) is 18.0. The number of piperazine rings is 1. The minimum Gasteiger partial charge on any atom is -0.457 e. The molecule has 2 aliphatic heterocycles. The molecule has 0 bridgehead atoms. The molecule has 2 atom stereocenters. The Labute approximate surface area is 181 Å². The van der Waals surface area contributed by atoms with E-state index in [1.54, 1.807) is 17.1 Å². The van der Waals surface area contributed by atoms with Gasteiger partial charge < -0.3 is 10.1 Å². The molecule has 1 fully saturated rings. The van der Waals surface area contributed by atoms with Gasteiger partial charge in [0.15, 0.2) is 5.82 Å². The zero-order valence-electron chi connectivity index (χ0n) is 18.0. The summed E-state index contributed by atoms with van der Waals surface area (Å²) in [6, 6.07) is 4.53. The largest absolute Gasteiger partial charge is 0.457 e. The first kappa shape index (κ1) is 19.8. The second kappa shape index (κ2) is 7.86. The summed E-state index contributed by atoms with van der Waals surface area (Å²) in [5.74, 6) is 0.500. The number of benzene rings is 1. The highest BCUT2D eigenvalue weighted by molar-refractivity contribution is 5.94. The van der Waals surface area contributed by atoms with Crippen molar-refractivity contribution in [3.63, 3.8) is 0 Å². The number of fused-ring (bicyclic) bond motifs is 1. The maximum atomic E-state index is 11.9. The number of carbonyl (C=O) groups is 1. The van der Waals surface area contributed by atoms with E-state index in [1.807, 2.05) is 25.4 Å². The summed E-state index contributed by atoms with van der Waals surface area (Å²) in [6.45, 7) is 9.24. The van der Waals surface area contributed by atoms with Crippen LogP contribution in [0.25, 0.3) is 5.82 Å². The molecule has 2 aromatic heterocycles. The average Bonchev–Trinajstić information content (AvgIpc) is 3.36. The van der Waals surface area contributed by atoms with E-state index in [0.717, 1.165) is 42.0 Å². The number of carbonyl (C=O) groups excluding carboxylic acids is 1. The summed E-state index contributed by atoms with van der Waals surface area (Å²) in [4.78, 5) is 23.0. The van der Waals surface area contributed by atoms with Crippen molar-refractivity contribution in [2.45, 2.75) is 46.0 Å². The van der Waals surface area contributed by atoms with E-state index in [9.17, 15) is 4.79 Å². The van der Waals surface area contributed by atoms with Gasteiger partial charge in [-0.2, -0.15) is 5.10 Å². The van der Waals surface area contributed by atoms with Crippen LogP contribution in [0.3, 0.4) is 0 Å². The van der Waals surface area contributed by atoms with Crippen molar-refractivity contribution in [2.75, 3.05) is 13.1 Å². The third-order valence-corrected chi connectivity index (χ3v) is 6.09. The lowest BCUT2D eigenvalue weighted by Gasteiger charge is -2.38. The van der Waals surface area contributed by atoms with Crippen molar-refractivity contribution in [1.82, 2.24) is 30.0 Å². The van der Waals surface area contributed by atoms with Crippen molar-refractivity contribution >= 4 is 5.97 Å². The summed E-state index contributed by atoms with van der Waals surface area (Å²) in [6.07, 6.45) is 7.40. The maximum absolute atomic E-state index is 11.9. The minimum absolute atomic E-state index is 0.197. The minimum atomic E-state index is -0.216. The van der Waals surface area contributed by atoms with E-state index in [1.165, 1.54) is 5.56 Å². The van der Waals surface area contributed by atoms with Crippen LogP contribution in [-0.2, 0) is 17.9 Å². The van der Waals surface area contributed by atoms with E-state index in [4.69, 9.17) is 4.74 Å². The molecule has 0 aliphatic carbocycles. The Morgan fingerprint density at radius 3 is 2.84 bits per heavy atom. The van der Waals surface area contributed by atoms with Crippen molar-refractivity contribution in [1.29, 1.82) is 0 Å². The van der Waals surface area contributed by atoms with Crippen molar-refractivity contribution in [3.05, 3.63) is 70.4 Å². The molecule has 1 aromatic carbocycles. The van der Waals surface area contributed by atoms with Crippen LogP contribution in [0.5, 0.6) is 0 Å². The van der Waals surface area contributed by atoms with Crippen molar-refractivity contribution in [3.8, 4) is 5.82 Å². The number of hydrogen-bond acceptors (Lipinski definition) is 7. The summed E-state index contributed by atoms with van der Waals surface area (Å²) in [5.41, 5.74) is 6.14. The first-order chi connectivity index (χ1) is 15.0. The summed E-state index contributed by atoms with van der Waals surface area (Å²) in [5, 5.41) is 8.19. The number of nitrogens with one attached hydrogen (secondary N) is 1. The lowest BCUT2D eigenvalue weighted by molar-refractivity contribution is 0.0535. The number of hydrogen-bond donors (Lipinski definition) is 1. The third-order valence-electron chi connectivity index (χ3n) is 6.09. The average molecular weight is 419 g/mol.